The highest BCUT2D eigenvalue weighted by atomic mass is 16.4. The van der Waals surface area contributed by atoms with Gasteiger partial charge in [0.15, 0.2) is 0 Å². The van der Waals surface area contributed by atoms with Crippen molar-refractivity contribution >= 4 is 11.4 Å². The van der Waals surface area contributed by atoms with Crippen LogP contribution in [-0.4, -0.2) is 26.9 Å². The van der Waals surface area contributed by atoms with Gasteiger partial charge in [0, 0.05) is 5.56 Å². The Hall–Kier alpha value is -2.04. The summed E-state index contributed by atoms with van der Waals surface area (Å²) >= 11 is 0. The molecule has 0 aromatic heterocycles. The van der Waals surface area contributed by atoms with Gasteiger partial charge in [-0.25, -0.2) is 0 Å². The topological polar surface area (TPSA) is 85.4 Å². The van der Waals surface area contributed by atoms with Gasteiger partial charge in [-0.3, -0.25) is 0 Å². The van der Waals surface area contributed by atoms with Gasteiger partial charge in [-0.2, -0.15) is 0 Å². The van der Waals surface area contributed by atoms with Crippen molar-refractivity contribution in [2.24, 2.45) is 10.3 Å². The first-order chi connectivity index (χ1) is 7.10. The number of hydrogen-bond donors (Lipinski definition) is 3. The average molecular weight is 208 g/mol. The normalized spacial score (nSPS) is 12.9. The number of phenols is 1. The van der Waals surface area contributed by atoms with E-state index in [0.29, 0.717) is 22.6 Å². The van der Waals surface area contributed by atoms with Crippen LogP contribution in [0.15, 0.2) is 28.5 Å². The molecule has 0 amide bonds. The lowest BCUT2D eigenvalue weighted by atomic mass is 10.0. The van der Waals surface area contributed by atoms with Crippen molar-refractivity contribution in [2.75, 3.05) is 0 Å². The predicted octanol–water partition coefficient (Wildman–Crippen LogP) is 1.79. The number of benzene rings is 1. The number of hydrogen-bond acceptors (Lipinski definition) is 5. The summed E-state index contributed by atoms with van der Waals surface area (Å²) in [6.45, 7) is 3.19. The highest BCUT2D eigenvalue weighted by Crippen LogP contribution is 2.19. The summed E-state index contributed by atoms with van der Waals surface area (Å²) in [7, 11) is 0. The lowest BCUT2D eigenvalue weighted by molar-refractivity contribution is 0.318. The van der Waals surface area contributed by atoms with Crippen LogP contribution in [0.4, 0.5) is 0 Å². The first-order valence-corrected chi connectivity index (χ1v) is 4.31. The Labute approximate surface area is 87.0 Å². The Balaban J connectivity index is 3.29. The third-order valence-corrected chi connectivity index (χ3v) is 2.10. The summed E-state index contributed by atoms with van der Waals surface area (Å²) in [6.07, 6.45) is 0. The first-order valence-electron chi connectivity index (χ1n) is 4.31. The van der Waals surface area contributed by atoms with Crippen molar-refractivity contribution in [3.05, 3.63) is 29.3 Å². The van der Waals surface area contributed by atoms with E-state index in [2.05, 4.69) is 10.3 Å². The van der Waals surface area contributed by atoms with Crippen LogP contribution in [0.2, 0.25) is 0 Å². The van der Waals surface area contributed by atoms with E-state index in [0.717, 1.165) is 0 Å². The zero-order valence-corrected chi connectivity index (χ0v) is 8.47. The largest absolute Gasteiger partial charge is 0.507 e. The Morgan fingerprint density at radius 2 is 1.67 bits per heavy atom. The highest BCUT2D eigenvalue weighted by Gasteiger charge is 2.08. The van der Waals surface area contributed by atoms with Crippen molar-refractivity contribution in [3.8, 4) is 5.75 Å². The summed E-state index contributed by atoms with van der Waals surface area (Å²) in [5.41, 5.74) is 1.76. The quantitative estimate of drug-likeness (QED) is 0.393. The fourth-order valence-electron chi connectivity index (χ4n) is 1.16. The van der Waals surface area contributed by atoms with Crippen LogP contribution in [-0.2, 0) is 0 Å². The summed E-state index contributed by atoms with van der Waals surface area (Å²) in [4.78, 5) is 0. The summed E-state index contributed by atoms with van der Waals surface area (Å²) in [6, 6.07) is 4.64. The van der Waals surface area contributed by atoms with Gasteiger partial charge in [0.2, 0.25) is 0 Å². The predicted molar refractivity (Wildman–Crippen MR) is 56.1 cm³/mol. The monoisotopic (exact) mass is 208 g/mol. The SMILES string of the molecule is C/C(=N\O)c1ccc(O)c(/C(C)=N/O)c1. The summed E-state index contributed by atoms with van der Waals surface area (Å²) in [5, 5.41) is 32.7. The Bertz CT molecular complexity index is 425. The van der Waals surface area contributed by atoms with E-state index in [1.54, 1.807) is 26.0 Å². The molecule has 0 atom stereocenters. The molecule has 0 saturated carbocycles. The van der Waals surface area contributed by atoms with Gasteiger partial charge in [-0.1, -0.05) is 10.3 Å². The Kier molecular flexibility index (Phi) is 3.28. The van der Waals surface area contributed by atoms with Crippen LogP contribution in [0, 0.1) is 0 Å². The molecule has 0 spiro atoms. The number of phenolic OH excluding ortho intramolecular Hbond substituents is 1. The zero-order chi connectivity index (χ0) is 11.4. The molecule has 0 fully saturated rings. The average Bonchev–Trinajstić information content (AvgIpc) is 2.27. The lowest BCUT2D eigenvalue weighted by Crippen LogP contribution is -2.00. The van der Waals surface area contributed by atoms with E-state index in [9.17, 15) is 5.11 Å². The molecule has 0 radical (unpaired) electrons. The van der Waals surface area contributed by atoms with Gasteiger partial charge >= 0.3 is 0 Å². The van der Waals surface area contributed by atoms with Crippen LogP contribution in [0.1, 0.15) is 25.0 Å². The number of oxime groups is 2. The molecule has 80 valence electrons. The van der Waals surface area contributed by atoms with E-state index in [1.165, 1.54) is 6.07 Å². The molecule has 1 aromatic carbocycles. The van der Waals surface area contributed by atoms with Crippen molar-refractivity contribution in [1.29, 1.82) is 0 Å². The van der Waals surface area contributed by atoms with Crippen LogP contribution < -0.4 is 0 Å². The first kappa shape index (κ1) is 11.0. The molecule has 1 aromatic rings. The third kappa shape index (κ3) is 2.25. The Morgan fingerprint density at radius 3 is 2.20 bits per heavy atom. The van der Waals surface area contributed by atoms with Crippen LogP contribution >= 0.6 is 0 Å². The van der Waals surface area contributed by atoms with Gasteiger partial charge in [-0.15, -0.1) is 0 Å². The minimum absolute atomic E-state index is 0.0137. The van der Waals surface area contributed by atoms with Crippen molar-refractivity contribution < 1.29 is 15.5 Å². The molecular formula is C10H12N2O3. The van der Waals surface area contributed by atoms with Gasteiger partial charge < -0.3 is 15.5 Å². The van der Waals surface area contributed by atoms with Gasteiger partial charge in [-0.05, 0) is 37.6 Å². The molecule has 0 aliphatic carbocycles. The second-order valence-corrected chi connectivity index (χ2v) is 3.10. The maximum Gasteiger partial charge on any atom is 0.124 e. The molecule has 0 bridgehead atoms. The van der Waals surface area contributed by atoms with E-state index in [4.69, 9.17) is 10.4 Å². The molecule has 0 saturated heterocycles. The van der Waals surface area contributed by atoms with E-state index >= 15 is 0 Å². The Morgan fingerprint density at radius 1 is 1.07 bits per heavy atom. The molecule has 3 N–H and O–H groups in total. The van der Waals surface area contributed by atoms with Crippen molar-refractivity contribution in [2.45, 2.75) is 13.8 Å². The van der Waals surface area contributed by atoms with Crippen molar-refractivity contribution in [3.63, 3.8) is 0 Å². The minimum atomic E-state index is 0.0137. The second kappa shape index (κ2) is 4.45. The molecule has 15 heavy (non-hydrogen) atoms. The third-order valence-electron chi connectivity index (χ3n) is 2.10. The van der Waals surface area contributed by atoms with E-state index in [1.807, 2.05) is 0 Å². The van der Waals surface area contributed by atoms with Gasteiger partial charge in [0.05, 0.1) is 11.4 Å². The van der Waals surface area contributed by atoms with Crippen molar-refractivity contribution in [1.82, 2.24) is 0 Å². The number of rotatable bonds is 2. The number of aromatic hydroxyl groups is 1. The maximum absolute atomic E-state index is 9.50. The van der Waals surface area contributed by atoms with Crippen LogP contribution in [0.5, 0.6) is 5.75 Å². The molecule has 5 heteroatoms. The lowest BCUT2D eigenvalue weighted by Gasteiger charge is -2.05. The molecule has 0 unspecified atom stereocenters. The van der Waals surface area contributed by atoms with E-state index in [-0.39, 0.29) is 5.75 Å². The van der Waals surface area contributed by atoms with Gasteiger partial charge in [0.1, 0.15) is 5.75 Å². The minimum Gasteiger partial charge on any atom is -0.507 e. The molecule has 1 rings (SSSR count). The maximum atomic E-state index is 9.50. The molecule has 0 aliphatic rings. The smallest absolute Gasteiger partial charge is 0.124 e. The second-order valence-electron chi connectivity index (χ2n) is 3.10. The molecule has 5 nitrogen and oxygen atoms in total. The van der Waals surface area contributed by atoms with Gasteiger partial charge in [0.25, 0.3) is 0 Å². The van der Waals surface area contributed by atoms with Crippen LogP contribution in [0.25, 0.3) is 0 Å². The number of nitrogens with zero attached hydrogens (tertiary/aromatic N) is 2. The summed E-state index contributed by atoms with van der Waals surface area (Å²) < 4.78 is 0. The fourth-order valence-corrected chi connectivity index (χ4v) is 1.16. The highest BCUT2D eigenvalue weighted by molar-refractivity contribution is 6.05. The zero-order valence-electron chi connectivity index (χ0n) is 8.47. The van der Waals surface area contributed by atoms with Crippen LogP contribution in [0.3, 0.4) is 0 Å². The fraction of sp³-hybridized carbons (Fsp3) is 0.200. The standard InChI is InChI=1S/C10H12N2O3/c1-6(11-14)8-3-4-10(13)9(5-8)7(2)12-15/h3-5,13-15H,1-2H3/b11-6+,12-7+. The molecule has 0 aliphatic heterocycles. The van der Waals surface area contributed by atoms with E-state index < -0.39 is 0 Å². The summed E-state index contributed by atoms with van der Waals surface area (Å²) in [5.74, 6) is 0.0137. The molecule has 0 heterocycles. The molecular weight excluding hydrogens is 196 g/mol.